The van der Waals surface area contributed by atoms with Gasteiger partial charge in [0.2, 0.25) is 0 Å². The fourth-order valence-corrected chi connectivity index (χ4v) is 4.70. The van der Waals surface area contributed by atoms with Crippen molar-refractivity contribution in [2.45, 2.75) is 62.6 Å². The zero-order chi connectivity index (χ0) is 19.7. The van der Waals surface area contributed by atoms with E-state index in [1.807, 2.05) is 23.2 Å². The molecule has 154 valence electrons. The van der Waals surface area contributed by atoms with Crippen LogP contribution in [0.5, 0.6) is 0 Å². The molecule has 0 bridgehead atoms. The van der Waals surface area contributed by atoms with Gasteiger partial charge in [0.15, 0.2) is 5.69 Å². The maximum Gasteiger partial charge on any atom is 0.276 e. The number of hydrogen-bond acceptors (Lipinski definition) is 6. The Bertz CT molecular complexity index is 847. The van der Waals surface area contributed by atoms with Crippen LogP contribution in [0.1, 0.15) is 66.3 Å². The van der Waals surface area contributed by atoms with Gasteiger partial charge in [0, 0.05) is 43.5 Å². The molecular weight excluding hydrogens is 368 g/mol. The molecule has 0 radical (unpaired) electrons. The van der Waals surface area contributed by atoms with Gasteiger partial charge in [-0.05, 0) is 37.3 Å². The summed E-state index contributed by atoms with van der Waals surface area (Å²) in [5.74, 6) is 1.27. The maximum absolute atomic E-state index is 13.1. The fraction of sp³-hybridized carbons (Fsp3) is 0.591. The van der Waals surface area contributed by atoms with E-state index in [0.717, 1.165) is 50.0 Å². The number of ether oxygens (including phenoxy) is 1. The quantitative estimate of drug-likeness (QED) is 0.837. The molecule has 2 aromatic heterocycles. The minimum absolute atomic E-state index is 0.0418. The molecule has 2 unspecified atom stereocenters. The van der Waals surface area contributed by atoms with Gasteiger partial charge in [0.05, 0.1) is 13.2 Å². The lowest BCUT2D eigenvalue weighted by Crippen LogP contribution is -2.64. The second kappa shape index (κ2) is 7.88. The first-order valence-corrected chi connectivity index (χ1v) is 10.8. The summed E-state index contributed by atoms with van der Waals surface area (Å²) in [6.45, 7) is 2.51. The first-order chi connectivity index (χ1) is 14.2. The average Bonchev–Trinajstić information content (AvgIpc) is 3.50. The Morgan fingerprint density at radius 2 is 2.24 bits per heavy atom. The fourth-order valence-electron chi connectivity index (χ4n) is 4.70. The van der Waals surface area contributed by atoms with Gasteiger partial charge in [0.1, 0.15) is 11.4 Å². The van der Waals surface area contributed by atoms with Crippen molar-refractivity contribution in [3.8, 4) is 0 Å². The summed E-state index contributed by atoms with van der Waals surface area (Å²) in [5.41, 5.74) is 1.25. The highest BCUT2D eigenvalue weighted by Gasteiger charge is 2.46. The highest BCUT2D eigenvalue weighted by atomic mass is 16.5. The predicted molar refractivity (Wildman–Crippen MR) is 106 cm³/mol. The molecule has 2 aliphatic carbocycles. The minimum atomic E-state index is -0.336. The highest BCUT2D eigenvalue weighted by Crippen LogP contribution is 2.40. The number of nitrogens with zero attached hydrogens (tertiary/aromatic N) is 3. The van der Waals surface area contributed by atoms with Crippen LogP contribution in [-0.2, 0) is 11.3 Å². The Hall–Kier alpha value is -2.25. The van der Waals surface area contributed by atoms with Crippen LogP contribution in [0.3, 0.4) is 0 Å². The molecule has 1 amide bonds. The van der Waals surface area contributed by atoms with Crippen molar-refractivity contribution in [3.63, 3.8) is 0 Å². The third-order valence-corrected chi connectivity index (χ3v) is 6.48. The van der Waals surface area contributed by atoms with Gasteiger partial charge < -0.3 is 19.5 Å². The van der Waals surface area contributed by atoms with Gasteiger partial charge in [-0.1, -0.05) is 24.1 Å². The number of morpholine rings is 1. The summed E-state index contributed by atoms with van der Waals surface area (Å²) in [5, 5.41) is 7.74. The van der Waals surface area contributed by atoms with Crippen molar-refractivity contribution >= 4 is 5.91 Å². The monoisotopic (exact) mass is 396 g/mol. The zero-order valence-corrected chi connectivity index (χ0v) is 16.7. The third-order valence-electron chi connectivity index (χ3n) is 6.48. The zero-order valence-electron chi connectivity index (χ0n) is 16.7. The Morgan fingerprint density at radius 1 is 1.31 bits per heavy atom. The Balaban J connectivity index is 1.29. The smallest absolute Gasteiger partial charge is 0.276 e. The average molecular weight is 396 g/mol. The minimum Gasteiger partial charge on any atom is -0.370 e. The summed E-state index contributed by atoms with van der Waals surface area (Å²) < 4.78 is 11.8. The van der Waals surface area contributed by atoms with Crippen LogP contribution in [0.15, 0.2) is 35.1 Å². The molecule has 1 spiro atoms. The molecule has 2 atom stereocenters. The summed E-state index contributed by atoms with van der Waals surface area (Å²) in [7, 11) is 0. The number of pyridine rings is 1. The van der Waals surface area contributed by atoms with Crippen molar-refractivity contribution < 1.29 is 14.1 Å². The first-order valence-electron chi connectivity index (χ1n) is 10.8. The van der Waals surface area contributed by atoms with Gasteiger partial charge in [0.25, 0.3) is 5.91 Å². The lowest BCUT2D eigenvalue weighted by atomic mass is 9.78. The van der Waals surface area contributed by atoms with Gasteiger partial charge >= 0.3 is 0 Å². The predicted octanol–water partition coefficient (Wildman–Crippen LogP) is 2.89. The number of hydrogen-bond donors (Lipinski definition) is 1. The molecule has 3 aliphatic rings. The van der Waals surface area contributed by atoms with E-state index in [9.17, 15) is 4.79 Å². The molecule has 1 saturated heterocycles. The van der Waals surface area contributed by atoms with E-state index in [1.54, 1.807) is 6.20 Å². The van der Waals surface area contributed by atoms with Crippen LogP contribution in [0.2, 0.25) is 0 Å². The SMILES string of the molecule is O=C(c1cc(C2CC2)on1)N1CCOC2(CCCCC2NCc2cccnc2)C1. The highest BCUT2D eigenvalue weighted by molar-refractivity contribution is 5.92. The van der Waals surface area contributed by atoms with Crippen LogP contribution >= 0.6 is 0 Å². The van der Waals surface area contributed by atoms with E-state index >= 15 is 0 Å². The number of carbonyl (C=O) groups is 1. The van der Waals surface area contributed by atoms with Crippen molar-refractivity contribution in [2.24, 2.45) is 0 Å². The van der Waals surface area contributed by atoms with E-state index in [1.165, 1.54) is 6.42 Å². The molecule has 29 heavy (non-hydrogen) atoms. The van der Waals surface area contributed by atoms with Crippen molar-refractivity contribution in [3.05, 3.63) is 47.6 Å². The second-order valence-electron chi connectivity index (χ2n) is 8.57. The van der Waals surface area contributed by atoms with Gasteiger partial charge in [-0.3, -0.25) is 9.78 Å². The Morgan fingerprint density at radius 3 is 3.07 bits per heavy atom. The Labute approximate surface area is 170 Å². The van der Waals surface area contributed by atoms with E-state index < -0.39 is 0 Å². The lowest BCUT2D eigenvalue weighted by molar-refractivity contribution is -0.135. The summed E-state index contributed by atoms with van der Waals surface area (Å²) >= 11 is 0. The molecular formula is C22H28N4O3. The van der Waals surface area contributed by atoms with E-state index in [4.69, 9.17) is 9.26 Å². The molecule has 1 N–H and O–H groups in total. The number of aromatic nitrogens is 2. The van der Waals surface area contributed by atoms with Crippen LogP contribution in [-0.4, -0.2) is 52.3 Å². The normalized spacial score (nSPS) is 27.3. The number of rotatable bonds is 5. The Kier molecular flexibility index (Phi) is 5.09. The maximum atomic E-state index is 13.1. The molecule has 1 aliphatic heterocycles. The molecule has 3 fully saturated rings. The second-order valence-corrected chi connectivity index (χ2v) is 8.57. The summed E-state index contributed by atoms with van der Waals surface area (Å²) in [6, 6.07) is 6.08. The van der Waals surface area contributed by atoms with Crippen LogP contribution in [0.25, 0.3) is 0 Å². The molecule has 3 heterocycles. The molecule has 7 heteroatoms. The summed E-state index contributed by atoms with van der Waals surface area (Å²) in [4.78, 5) is 19.2. The van der Waals surface area contributed by atoms with Gasteiger partial charge in [-0.2, -0.15) is 0 Å². The van der Waals surface area contributed by atoms with Crippen LogP contribution < -0.4 is 5.32 Å². The largest absolute Gasteiger partial charge is 0.370 e. The van der Waals surface area contributed by atoms with Crippen molar-refractivity contribution in [2.75, 3.05) is 19.7 Å². The standard InChI is InChI=1S/C22H28N4O3/c27-21(18-12-19(29-25-18)17-6-7-17)26-10-11-28-22(15-26)8-2-1-5-20(22)24-14-16-4-3-9-23-13-16/h3-4,9,12-13,17,20,24H,1-2,5-8,10-11,14-15H2. The van der Waals surface area contributed by atoms with E-state index in [2.05, 4.69) is 21.5 Å². The number of carbonyl (C=O) groups excluding carboxylic acids is 1. The van der Waals surface area contributed by atoms with E-state index in [0.29, 0.717) is 31.3 Å². The van der Waals surface area contributed by atoms with Gasteiger partial charge in [-0.15, -0.1) is 0 Å². The molecule has 7 nitrogen and oxygen atoms in total. The van der Waals surface area contributed by atoms with Crippen molar-refractivity contribution in [1.82, 2.24) is 20.4 Å². The van der Waals surface area contributed by atoms with E-state index in [-0.39, 0.29) is 17.6 Å². The topological polar surface area (TPSA) is 80.5 Å². The summed E-state index contributed by atoms with van der Waals surface area (Å²) in [6.07, 6.45) is 10.3. The first kappa shape index (κ1) is 18.8. The lowest BCUT2D eigenvalue weighted by Gasteiger charge is -2.49. The molecule has 2 aromatic rings. The molecule has 0 aromatic carbocycles. The van der Waals surface area contributed by atoms with Crippen molar-refractivity contribution in [1.29, 1.82) is 0 Å². The number of amides is 1. The molecule has 5 rings (SSSR count). The third kappa shape index (κ3) is 3.94. The van der Waals surface area contributed by atoms with Crippen LogP contribution in [0.4, 0.5) is 0 Å². The number of nitrogens with one attached hydrogen (secondary N) is 1. The van der Waals surface area contributed by atoms with Crippen LogP contribution in [0, 0.1) is 0 Å². The van der Waals surface area contributed by atoms with Gasteiger partial charge in [-0.25, -0.2) is 0 Å². The molecule has 2 saturated carbocycles.